The molecule has 1 aliphatic heterocycles. The van der Waals surface area contributed by atoms with Crippen molar-refractivity contribution in [3.8, 4) is 0 Å². The number of hydrogen-bond acceptors (Lipinski definition) is 4. The molecule has 1 N–H and O–H groups in total. The largest absolute Gasteiger partial charge is 0.481 e. The van der Waals surface area contributed by atoms with E-state index in [1.165, 1.54) is 12.1 Å². The monoisotopic (exact) mass is 367 g/mol. The van der Waals surface area contributed by atoms with Gasteiger partial charge in [0.15, 0.2) is 9.84 Å². The van der Waals surface area contributed by atoms with Gasteiger partial charge in [0.25, 0.3) is 5.91 Å². The van der Waals surface area contributed by atoms with Crippen LogP contribution >= 0.6 is 0 Å². The van der Waals surface area contributed by atoms with Crippen LogP contribution in [-0.4, -0.2) is 49.1 Å². The van der Waals surface area contributed by atoms with E-state index in [1.54, 1.807) is 17.0 Å². The minimum Gasteiger partial charge on any atom is -0.481 e. The molecule has 0 radical (unpaired) electrons. The predicted octanol–water partition coefficient (Wildman–Crippen LogP) is 2.44. The van der Waals surface area contributed by atoms with Crippen molar-refractivity contribution >= 4 is 21.7 Å². The van der Waals surface area contributed by atoms with Crippen LogP contribution < -0.4 is 0 Å². The molecule has 6 nitrogen and oxygen atoms in total. The van der Waals surface area contributed by atoms with Crippen molar-refractivity contribution in [1.29, 1.82) is 0 Å². The highest BCUT2D eigenvalue weighted by atomic mass is 32.2. The molecule has 2 rings (SSSR count). The summed E-state index contributed by atoms with van der Waals surface area (Å²) in [4.78, 5) is 25.4. The van der Waals surface area contributed by atoms with Gasteiger partial charge in [0.05, 0.1) is 22.1 Å². The van der Waals surface area contributed by atoms with Gasteiger partial charge in [-0.25, -0.2) is 8.42 Å². The maximum Gasteiger partial charge on any atom is 0.306 e. The van der Waals surface area contributed by atoms with Gasteiger partial charge in [-0.05, 0) is 37.3 Å². The van der Waals surface area contributed by atoms with Crippen LogP contribution in [-0.2, 0) is 14.6 Å². The van der Waals surface area contributed by atoms with E-state index in [9.17, 15) is 18.0 Å². The van der Waals surface area contributed by atoms with Gasteiger partial charge in [-0.2, -0.15) is 0 Å². The van der Waals surface area contributed by atoms with Gasteiger partial charge in [-0.15, -0.1) is 0 Å². The van der Waals surface area contributed by atoms with Crippen LogP contribution in [0.5, 0.6) is 0 Å². The van der Waals surface area contributed by atoms with Crippen LogP contribution in [0.4, 0.5) is 0 Å². The Kier molecular flexibility index (Phi) is 6.21. The quantitative estimate of drug-likeness (QED) is 0.834. The molecule has 0 bridgehead atoms. The summed E-state index contributed by atoms with van der Waals surface area (Å²) in [5.41, 5.74) is 0.181. The molecule has 1 amide bonds. The van der Waals surface area contributed by atoms with E-state index >= 15 is 0 Å². The molecule has 0 aliphatic carbocycles. The van der Waals surface area contributed by atoms with Gasteiger partial charge >= 0.3 is 5.97 Å². The number of aliphatic carboxylic acids is 1. The van der Waals surface area contributed by atoms with E-state index in [0.29, 0.717) is 32.4 Å². The van der Waals surface area contributed by atoms with Crippen molar-refractivity contribution in [1.82, 2.24) is 4.90 Å². The fourth-order valence-corrected chi connectivity index (χ4v) is 4.69. The van der Waals surface area contributed by atoms with Gasteiger partial charge in [-0.3, -0.25) is 9.59 Å². The van der Waals surface area contributed by atoms with Crippen LogP contribution in [0, 0.1) is 11.8 Å². The minimum atomic E-state index is -3.54. The van der Waals surface area contributed by atoms with Crippen LogP contribution in [0.25, 0.3) is 0 Å². The molecule has 7 heteroatoms. The molecule has 0 saturated carbocycles. The van der Waals surface area contributed by atoms with Crippen molar-refractivity contribution in [2.24, 2.45) is 11.8 Å². The molecule has 0 aromatic heterocycles. The Morgan fingerprint density at radius 1 is 1.20 bits per heavy atom. The Balaban J connectivity index is 2.20. The van der Waals surface area contributed by atoms with Gasteiger partial charge in [0.1, 0.15) is 0 Å². The fourth-order valence-electron chi connectivity index (χ4n) is 2.92. The van der Waals surface area contributed by atoms with Crippen molar-refractivity contribution in [2.75, 3.05) is 18.8 Å². The van der Waals surface area contributed by atoms with Gasteiger partial charge in [0.2, 0.25) is 0 Å². The van der Waals surface area contributed by atoms with Gasteiger partial charge in [-0.1, -0.05) is 26.0 Å². The highest BCUT2D eigenvalue weighted by molar-refractivity contribution is 7.91. The van der Waals surface area contributed by atoms with E-state index < -0.39 is 21.7 Å². The van der Waals surface area contributed by atoms with Gasteiger partial charge in [0, 0.05) is 13.1 Å². The Bertz CT molecular complexity index is 734. The summed E-state index contributed by atoms with van der Waals surface area (Å²) in [7, 11) is -3.54. The smallest absolute Gasteiger partial charge is 0.306 e. The number of nitrogens with zero attached hydrogens (tertiary/aromatic N) is 1. The summed E-state index contributed by atoms with van der Waals surface area (Å²) in [5, 5.41) is 9.05. The molecule has 1 fully saturated rings. The van der Waals surface area contributed by atoms with E-state index in [1.807, 2.05) is 13.8 Å². The summed E-state index contributed by atoms with van der Waals surface area (Å²) >= 11 is 0. The molecule has 0 atom stereocenters. The summed E-state index contributed by atoms with van der Waals surface area (Å²) in [6.07, 6.45) is 1.32. The number of carboxylic acids is 1. The first kappa shape index (κ1) is 19.4. The lowest BCUT2D eigenvalue weighted by Crippen LogP contribution is -2.40. The highest BCUT2D eigenvalue weighted by Crippen LogP contribution is 2.24. The molecule has 25 heavy (non-hydrogen) atoms. The van der Waals surface area contributed by atoms with Crippen molar-refractivity contribution in [3.63, 3.8) is 0 Å². The molecular weight excluding hydrogens is 342 g/mol. The second-order valence-corrected chi connectivity index (χ2v) is 8.98. The lowest BCUT2D eigenvalue weighted by Gasteiger charge is -2.30. The van der Waals surface area contributed by atoms with E-state index in [-0.39, 0.29) is 28.0 Å². The Morgan fingerprint density at radius 3 is 2.36 bits per heavy atom. The first-order chi connectivity index (χ1) is 11.7. The Labute approximate surface area is 148 Å². The molecule has 138 valence electrons. The molecule has 1 saturated heterocycles. The highest BCUT2D eigenvalue weighted by Gasteiger charge is 2.30. The number of amides is 1. The maximum atomic E-state index is 12.8. The fraction of sp³-hybridized carbons (Fsp3) is 0.556. The zero-order valence-electron chi connectivity index (χ0n) is 14.6. The third-order valence-electron chi connectivity index (χ3n) is 4.55. The molecule has 1 aromatic carbocycles. The Morgan fingerprint density at radius 2 is 1.80 bits per heavy atom. The molecule has 1 aliphatic rings. The zero-order chi connectivity index (χ0) is 18.6. The van der Waals surface area contributed by atoms with Crippen molar-refractivity contribution in [2.45, 2.75) is 38.0 Å². The van der Waals surface area contributed by atoms with Crippen molar-refractivity contribution in [3.05, 3.63) is 29.8 Å². The number of rotatable bonds is 6. The number of likely N-dealkylation sites (tertiary alicyclic amines) is 1. The topological polar surface area (TPSA) is 91.8 Å². The summed E-state index contributed by atoms with van der Waals surface area (Å²) in [5.74, 6) is -1.35. The molecule has 0 unspecified atom stereocenters. The van der Waals surface area contributed by atoms with Crippen LogP contribution in [0.3, 0.4) is 0 Å². The molecular formula is C18H25NO5S. The second-order valence-electron chi connectivity index (χ2n) is 6.90. The van der Waals surface area contributed by atoms with E-state index in [2.05, 4.69) is 0 Å². The number of sulfone groups is 1. The van der Waals surface area contributed by atoms with Crippen LogP contribution in [0.1, 0.15) is 43.5 Å². The van der Waals surface area contributed by atoms with Crippen molar-refractivity contribution < 1.29 is 23.1 Å². The minimum absolute atomic E-state index is 0.00997. The number of piperidine rings is 1. The standard InChI is InChI=1S/C18H25NO5S/c1-13(2)9-12-25(23,24)16-6-4-3-5-15(16)17(20)19-10-7-14(8-11-19)18(21)22/h3-6,13-14H,7-12H2,1-2H3,(H,21,22). The normalized spacial score (nSPS) is 16.2. The SMILES string of the molecule is CC(C)CCS(=O)(=O)c1ccccc1C(=O)N1CCC(C(=O)O)CC1. The number of benzene rings is 1. The molecule has 1 heterocycles. The average Bonchev–Trinajstić information content (AvgIpc) is 2.59. The van der Waals surface area contributed by atoms with Crippen LogP contribution in [0.2, 0.25) is 0 Å². The third-order valence-corrected chi connectivity index (χ3v) is 6.35. The third kappa shape index (κ3) is 4.81. The lowest BCUT2D eigenvalue weighted by atomic mass is 9.96. The van der Waals surface area contributed by atoms with Gasteiger partial charge < -0.3 is 10.0 Å². The number of hydrogen-bond donors (Lipinski definition) is 1. The number of carbonyl (C=O) groups excluding carboxylic acids is 1. The van der Waals surface area contributed by atoms with Crippen LogP contribution in [0.15, 0.2) is 29.2 Å². The average molecular weight is 367 g/mol. The molecule has 0 spiro atoms. The maximum absolute atomic E-state index is 12.8. The lowest BCUT2D eigenvalue weighted by molar-refractivity contribution is -0.143. The molecule has 1 aromatic rings. The second kappa shape index (κ2) is 7.99. The first-order valence-corrected chi connectivity index (χ1v) is 10.2. The van der Waals surface area contributed by atoms with E-state index in [0.717, 1.165) is 0 Å². The number of carboxylic acid groups (broad SMARTS) is 1. The number of carbonyl (C=O) groups is 2. The summed E-state index contributed by atoms with van der Waals surface area (Å²) < 4.78 is 25.3. The first-order valence-electron chi connectivity index (χ1n) is 8.56. The Hall–Kier alpha value is -1.89. The predicted molar refractivity (Wildman–Crippen MR) is 94.2 cm³/mol. The summed E-state index contributed by atoms with van der Waals surface area (Å²) in [6, 6.07) is 6.29. The summed E-state index contributed by atoms with van der Waals surface area (Å²) in [6.45, 7) is 4.57. The van der Waals surface area contributed by atoms with E-state index in [4.69, 9.17) is 5.11 Å². The zero-order valence-corrected chi connectivity index (χ0v) is 15.5.